The molecule has 8 heteroatoms. The fourth-order valence-electron chi connectivity index (χ4n) is 2.10. The van der Waals surface area contributed by atoms with Crippen LogP contribution in [0.15, 0.2) is 36.5 Å². The van der Waals surface area contributed by atoms with Crippen LogP contribution < -0.4 is 14.8 Å². The maximum absolute atomic E-state index is 11.8. The average Bonchev–Trinajstić information content (AvgIpc) is 2.66. The Labute approximate surface area is 156 Å². The van der Waals surface area contributed by atoms with Gasteiger partial charge in [0, 0.05) is 18.7 Å². The molecule has 1 heterocycles. The number of esters is 1. The van der Waals surface area contributed by atoms with E-state index in [1.54, 1.807) is 32.4 Å². The Morgan fingerprint density at radius 3 is 2.38 bits per heavy atom. The lowest BCUT2D eigenvalue weighted by Crippen LogP contribution is -2.21. The van der Waals surface area contributed by atoms with Crippen molar-refractivity contribution >= 4 is 29.3 Å². The molecular formula is C18H19ClN2O5. The second-order valence-corrected chi connectivity index (χ2v) is 5.73. The van der Waals surface area contributed by atoms with Crippen molar-refractivity contribution in [1.82, 2.24) is 4.98 Å². The van der Waals surface area contributed by atoms with E-state index >= 15 is 0 Å². The summed E-state index contributed by atoms with van der Waals surface area (Å²) in [6, 6.07) is 8.52. The third-order valence-electron chi connectivity index (χ3n) is 3.39. The lowest BCUT2D eigenvalue weighted by atomic mass is 10.1. The van der Waals surface area contributed by atoms with Crippen molar-refractivity contribution in [3.8, 4) is 11.5 Å². The molecule has 1 N–H and O–H groups in total. The molecule has 0 spiro atoms. The highest BCUT2D eigenvalue weighted by Crippen LogP contribution is 2.23. The summed E-state index contributed by atoms with van der Waals surface area (Å²) < 4.78 is 15.3. The van der Waals surface area contributed by atoms with Crippen LogP contribution in [0.5, 0.6) is 11.5 Å². The van der Waals surface area contributed by atoms with Gasteiger partial charge < -0.3 is 19.5 Å². The molecular weight excluding hydrogens is 360 g/mol. The Kier molecular flexibility index (Phi) is 7.23. The Balaban J connectivity index is 1.78. The number of benzene rings is 1. The number of anilines is 1. The van der Waals surface area contributed by atoms with Gasteiger partial charge >= 0.3 is 5.97 Å². The van der Waals surface area contributed by atoms with E-state index < -0.39 is 11.9 Å². The summed E-state index contributed by atoms with van der Waals surface area (Å²) in [5.41, 5.74) is 0.868. The highest BCUT2D eigenvalue weighted by molar-refractivity contribution is 6.30. The molecule has 1 aromatic carbocycles. The number of methoxy groups -OCH3 is 2. The van der Waals surface area contributed by atoms with E-state index in [4.69, 9.17) is 25.8 Å². The molecule has 0 saturated carbocycles. The summed E-state index contributed by atoms with van der Waals surface area (Å²) in [7, 11) is 3.11. The lowest BCUT2D eigenvalue weighted by molar-refractivity contribution is -0.147. The van der Waals surface area contributed by atoms with Gasteiger partial charge in [-0.15, -0.1) is 0 Å². The summed E-state index contributed by atoms with van der Waals surface area (Å²) in [6.07, 6.45) is 1.97. The summed E-state index contributed by atoms with van der Waals surface area (Å²) in [5.74, 6) is 0.659. The van der Waals surface area contributed by atoms with Gasteiger partial charge in [-0.3, -0.25) is 9.59 Å². The van der Waals surface area contributed by atoms with Gasteiger partial charge in [0.2, 0.25) is 0 Å². The maximum Gasteiger partial charge on any atom is 0.306 e. The minimum Gasteiger partial charge on any atom is -0.497 e. The fourth-order valence-corrected chi connectivity index (χ4v) is 2.22. The van der Waals surface area contributed by atoms with E-state index in [0.717, 1.165) is 5.56 Å². The number of carbonyl (C=O) groups excluding carboxylic acids is 2. The van der Waals surface area contributed by atoms with Crippen LogP contribution in [0.3, 0.4) is 0 Å². The first-order chi connectivity index (χ1) is 12.5. The second-order valence-electron chi connectivity index (χ2n) is 5.29. The van der Waals surface area contributed by atoms with Crippen LogP contribution in [0.25, 0.3) is 0 Å². The molecule has 0 aliphatic carbocycles. The molecule has 0 saturated heterocycles. The van der Waals surface area contributed by atoms with Crippen LogP contribution >= 0.6 is 11.6 Å². The van der Waals surface area contributed by atoms with Gasteiger partial charge in [0.15, 0.2) is 6.61 Å². The number of nitrogens with one attached hydrogen (secondary N) is 1. The van der Waals surface area contributed by atoms with Crippen molar-refractivity contribution in [2.45, 2.75) is 12.8 Å². The van der Waals surface area contributed by atoms with E-state index in [2.05, 4.69) is 10.3 Å². The molecule has 0 unspecified atom stereocenters. The Morgan fingerprint density at radius 2 is 1.81 bits per heavy atom. The highest BCUT2D eigenvalue weighted by atomic mass is 35.5. The lowest BCUT2D eigenvalue weighted by Gasteiger charge is -2.09. The monoisotopic (exact) mass is 378 g/mol. The first-order valence-electron chi connectivity index (χ1n) is 7.79. The van der Waals surface area contributed by atoms with E-state index in [1.807, 2.05) is 12.1 Å². The summed E-state index contributed by atoms with van der Waals surface area (Å²) in [4.78, 5) is 27.5. The van der Waals surface area contributed by atoms with Gasteiger partial charge in [0.25, 0.3) is 5.91 Å². The number of aryl methyl sites for hydroxylation is 1. The zero-order valence-electron chi connectivity index (χ0n) is 14.5. The van der Waals surface area contributed by atoms with Crippen LogP contribution in [-0.2, 0) is 20.7 Å². The van der Waals surface area contributed by atoms with Crippen molar-refractivity contribution in [3.63, 3.8) is 0 Å². The third-order valence-corrected chi connectivity index (χ3v) is 3.61. The largest absolute Gasteiger partial charge is 0.497 e. The first kappa shape index (κ1) is 19.5. The Bertz CT molecular complexity index is 742. The van der Waals surface area contributed by atoms with E-state index in [1.165, 1.54) is 6.20 Å². The Hall–Kier alpha value is -2.80. The molecule has 1 aromatic heterocycles. The predicted octanol–water partition coefficient (Wildman–Crippen LogP) is 2.87. The standard InChI is InChI=1S/C18H19ClN2O5/c1-24-14-7-12(8-15(9-14)25-2)3-6-18(23)26-11-17(22)21-16-5-4-13(19)10-20-16/h4-5,7-10H,3,6,11H2,1-2H3,(H,20,21,22). The third kappa shape index (κ3) is 6.25. The molecule has 138 valence electrons. The number of nitrogens with zero attached hydrogens (tertiary/aromatic N) is 1. The molecule has 0 fully saturated rings. The molecule has 0 radical (unpaired) electrons. The fraction of sp³-hybridized carbons (Fsp3) is 0.278. The van der Waals surface area contributed by atoms with Gasteiger partial charge in [-0.1, -0.05) is 11.6 Å². The quantitative estimate of drug-likeness (QED) is 0.711. The summed E-state index contributed by atoms with van der Waals surface area (Å²) in [5, 5.41) is 2.97. The van der Waals surface area contributed by atoms with Crippen LogP contribution in [0.2, 0.25) is 5.02 Å². The maximum atomic E-state index is 11.8. The molecule has 7 nitrogen and oxygen atoms in total. The first-order valence-corrected chi connectivity index (χ1v) is 8.17. The second kappa shape index (κ2) is 9.62. The predicted molar refractivity (Wildman–Crippen MR) is 96.7 cm³/mol. The zero-order chi connectivity index (χ0) is 18.9. The van der Waals surface area contributed by atoms with Crippen molar-refractivity contribution in [3.05, 3.63) is 47.1 Å². The van der Waals surface area contributed by atoms with Crippen LogP contribution in [0, 0.1) is 0 Å². The van der Waals surface area contributed by atoms with Crippen molar-refractivity contribution in [2.75, 3.05) is 26.1 Å². The topological polar surface area (TPSA) is 86.8 Å². The van der Waals surface area contributed by atoms with Crippen LogP contribution in [0.4, 0.5) is 5.82 Å². The molecule has 0 atom stereocenters. The molecule has 2 aromatic rings. The number of amides is 1. The van der Waals surface area contributed by atoms with Crippen LogP contribution in [-0.4, -0.2) is 37.7 Å². The normalized spacial score (nSPS) is 10.1. The van der Waals surface area contributed by atoms with E-state index in [9.17, 15) is 9.59 Å². The minimum absolute atomic E-state index is 0.128. The number of carbonyl (C=O) groups is 2. The number of hydrogen-bond donors (Lipinski definition) is 1. The molecule has 0 bridgehead atoms. The number of halogens is 1. The van der Waals surface area contributed by atoms with E-state index in [0.29, 0.717) is 28.8 Å². The SMILES string of the molecule is COc1cc(CCC(=O)OCC(=O)Nc2ccc(Cl)cn2)cc(OC)c1. The Morgan fingerprint density at radius 1 is 1.12 bits per heavy atom. The highest BCUT2D eigenvalue weighted by Gasteiger charge is 2.10. The number of pyridine rings is 1. The summed E-state index contributed by atoms with van der Waals surface area (Å²) in [6.45, 7) is -0.384. The molecule has 26 heavy (non-hydrogen) atoms. The van der Waals surface area contributed by atoms with Crippen molar-refractivity contribution in [1.29, 1.82) is 0 Å². The number of ether oxygens (including phenoxy) is 3. The van der Waals surface area contributed by atoms with Gasteiger partial charge in [0.05, 0.1) is 19.2 Å². The zero-order valence-corrected chi connectivity index (χ0v) is 15.2. The average molecular weight is 379 g/mol. The summed E-state index contributed by atoms with van der Waals surface area (Å²) >= 11 is 5.71. The van der Waals surface area contributed by atoms with E-state index in [-0.39, 0.29) is 13.0 Å². The molecule has 0 aliphatic heterocycles. The number of hydrogen-bond acceptors (Lipinski definition) is 6. The van der Waals surface area contributed by atoms with Crippen molar-refractivity contribution in [2.24, 2.45) is 0 Å². The van der Waals surface area contributed by atoms with Gasteiger partial charge in [-0.05, 0) is 36.2 Å². The number of aromatic nitrogens is 1. The molecule has 0 aliphatic rings. The smallest absolute Gasteiger partial charge is 0.306 e. The number of rotatable bonds is 8. The van der Waals surface area contributed by atoms with Gasteiger partial charge in [0.1, 0.15) is 17.3 Å². The molecule has 1 amide bonds. The van der Waals surface area contributed by atoms with Gasteiger partial charge in [-0.25, -0.2) is 4.98 Å². The molecule has 2 rings (SSSR count). The van der Waals surface area contributed by atoms with Crippen LogP contribution in [0.1, 0.15) is 12.0 Å². The minimum atomic E-state index is -0.481. The van der Waals surface area contributed by atoms with Crippen molar-refractivity contribution < 1.29 is 23.8 Å². The van der Waals surface area contributed by atoms with Gasteiger partial charge in [-0.2, -0.15) is 0 Å².